The van der Waals surface area contributed by atoms with Crippen LogP contribution in [0.15, 0.2) is 18.2 Å². The van der Waals surface area contributed by atoms with Gasteiger partial charge in [-0.25, -0.2) is 0 Å². The molecule has 1 N–H and O–H groups in total. The fraction of sp³-hybridized carbons (Fsp3) is 0.529. The third-order valence-electron chi connectivity index (χ3n) is 3.45. The lowest BCUT2D eigenvalue weighted by molar-refractivity contribution is -0.141. The first-order valence-corrected chi connectivity index (χ1v) is 8.63. The Morgan fingerprint density at radius 2 is 1.86 bits per heavy atom. The van der Waals surface area contributed by atoms with Crippen molar-refractivity contribution < 1.29 is 14.7 Å². The van der Waals surface area contributed by atoms with Gasteiger partial charge in [0, 0.05) is 17.2 Å². The van der Waals surface area contributed by atoms with Crippen LogP contribution in [0.1, 0.15) is 38.8 Å². The monoisotopic (exact) mass is 342 g/mol. The molecule has 2 atom stereocenters. The molecule has 0 fully saturated rings. The Bertz CT molecular complexity index is 543. The minimum absolute atomic E-state index is 0.0689. The van der Waals surface area contributed by atoms with Crippen LogP contribution in [0.2, 0.25) is 5.02 Å². The van der Waals surface area contributed by atoms with E-state index in [4.69, 9.17) is 11.6 Å². The second kappa shape index (κ2) is 8.59. The molecule has 2 unspecified atom stereocenters. The molecule has 22 heavy (non-hydrogen) atoms. The largest absolute Gasteiger partial charge is 0.481 e. The summed E-state index contributed by atoms with van der Waals surface area (Å²) in [6.07, 6.45) is 1.43. The normalized spacial score (nSPS) is 13.9. The molecule has 3 nitrogen and oxygen atoms in total. The Balaban J connectivity index is 2.91. The molecule has 0 bridgehead atoms. The summed E-state index contributed by atoms with van der Waals surface area (Å²) < 4.78 is 0. The number of rotatable bonds is 7. The topological polar surface area (TPSA) is 54.4 Å². The second-order valence-corrected chi connectivity index (χ2v) is 7.83. The molecule has 0 saturated carbocycles. The molecule has 0 heterocycles. The van der Waals surface area contributed by atoms with Crippen LogP contribution in [-0.2, 0) is 22.4 Å². The third-order valence-corrected chi connectivity index (χ3v) is 5.01. The summed E-state index contributed by atoms with van der Waals surface area (Å²) in [4.78, 5) is 22.6. The van der Waals surface area contributed by atoms with Crippen molar-refractivity contribution in [1.82, 2.24) is 0 Å². The van der Waals surface area contributed by atoms with Crippen LogP contribution in [0.25, 0.3) is 0 Å². The average Bonchev–Trinajstić information content (AvgIpc) is 2.39. The fourth-order valence-corrected chi connectivity index (χ4v) is 3.55. The number of carboxylic acids is 1. The van der Waals surface area contributed by atoms with Gasteiger partial charge in [0.25, 0.3) is 0 Å². The molecule has 1 aromatic rings. The Kier molecular flexibility index (Phi) is 7.43. The fourth-order valence-electron chi connectivity index (χ4n) is 2.25. The molecule has 5 heteroatoms. The number of carboxylic acid groups (broad SMARTS) is 1. The Morgan fingerprint density at radius 3 is 2.32 bits per heavy atom. The summed E-state index contributed by atoms with van der Waals surface area (Å²) in [5, 5.41) is 9.54. The third kappa shape index (κ3) is 6.01. The maximum absolute atomic E-state index is 11.4. The second-order valence-electron chi connectivity index (χ2n) is 6.00. The van der Waals surface area contributed by atoms with Crippen molar-refractivity contribution in [3.8, 4) is 0 Å². The number of thioether (sulfide) groups is 1. The lowest BCUT2D eigenvalue weighted by atomic mass is 9.97. The first-order chi connectivity index (χ1) is 10.2. The maximum atomic E-state index is 11.4. The SMILES string of the molecule is CC(=O)SC(Cc1ccc(CC(C)C)c(Cl)c1)C(C)C(=O)O. The van der Waals surface area contributed by atoms with Gasteiger partial charge in [0.15, 0.2) is 5.12 Å². The molecule has 0 aliphatic rings. The lowest BCUT2D eigenvalue weighted by Crippen LogP contribution is -2.26. The number of aliphatic carboxylic acids is 1. The summed E-state index contributed by atoms with van der Waals surface area (Å²) in [6.45, 7) is 7.37. The molecule has 0 aliphatic carbocycles. The summed E-state index contributed by atoms with van der Waals surface area (Å²) in [5.74, 6) is -0.958. The van der Waals surface area contributed by atoms with Crippen molar-refractivity contribution in [3.05, 3.63) is 34.3 Å². The molecule has 122 valence electrons. The molecule has 1 rings (SSSR count). The number of hydrogen-bond acceptors (Lipinski definition) is 3. The predicted molar refractivity (Wildman–Crippen MR) is 92.6 cm³/mol. The smallest absolute Gasteiger partial charge is 0.307 e. The van der Waals surface area contributed by atoms with Crippen molar-refractivity contribution in [1.29, 1.82) is 0 Å². The van der Waals surface area contributed by atoms with E-state index in [0.717, 1.165) is 29.3 Å². The van der Waals surface area contributed by atoms with Gasteiger partial charge in [-0.15, -0.1) is 0 Å². The standard InChI is InChI=1S/C17H23ClO3S/c1-10(2)7-14-6-5-13(8-15(14)18)9-16(22-12(4)19)11(3)17(20)21/h5-6,8,10-11,16H,7,9H2,1-4H3,(H,20,21). The van der Waals surface area contributed by atoms with Gasteiger partial charge in [-0.1, -0.05) is 56.3 Å². The zero-order valence-electron chi connectivity index (χ0n) is 13.4. The van der Waals surface area contributed by atoms with E-state index in [2.05, 4.69) is 13.8 Å². The quantitative estimate of drug-likeness (QED) is 0.795. The maximum Gasteiger partial charge on any atom is 0.307 e. The molecule has 0 aliphatic heterocycles. The van der Waals surface area contributed by atoms with Gasteiger partial charge >= 0.3 is 5.97 Å². The van der Waals surface area contributed by atoms with Crippen LogP contribution in [0.3, 0.4) is 0 Å². The molecule has 0 aromatic heterocycles. The number of carbonyl (C=O) groups excluding carboxylic acids is 1. The first kappa shape index (κ1) is 19.0. The molecular formula is C17H23ClO3S. The number of halogens is 1. The van der Waals surface area contributed by atoms with Crippen LogP contribution in [0, 0.1) is 11.8 Å². The van der Waals surface area contributed by atoms with E-state index in [1.54, 1.807) is 6.92 Å². The Hall–Kier alpha value is -1.00. The molecule has 0 saturated heterocycles. The molecule has 0 amide bonds. The summed E-state index contributed by atoms with van der Waals surface area (Å²) in [7, 11) is 0. The molecule has 0 radical (unpaired) electrons. The highest BCUT2D eigenvalue weighted by atomic mass is 35.5. The van der Waals surface area contributed by atoms with Gasteiger partial charge < -0.3 is 5.11 Å². The zero-order valence-corrected chi connectivity index (χ0v) is 15.0. The lowest BCUT2D eigenvalue weighted by Gasteiger charge is -2.19. The van der Waals surface area contributed by atoms with E-state index < -0.39 is 11.9 Å². The zero-order chi connectivity index (χ0) is 16.9. The van der Waals surface area contributed by atoms with Crippen LogP contribution in [0.5, 0.6) is 0 Å². The van der Waals surface area contributed by atoms with E-state index in [0.29, 0.717) is 17.4 Å². The summed E-state index contributed by atoms with van der Waals surface area (Å²) in [6, 6.07) is 5.87. The van der Waals surface area contributed by atoms with Gasteiger partial charge in [0.05, 0.1) is 5.92 Å². The summed E-state index contributed by atoms with van der Waals surface area (Å²) >= 11 is 7.40. The van der Waals surface area contributed by atoms with E-state index >= 15 is 0 Å². The Morgan fingerprint density at radius 1 is 1.23 bits per heavy atom. The first-order valence-electron chi connectivity index (χ1n) is 7.38. The van der Waals surface area contributed by atoms with Crippen molar-refractivity contribution in [3.63, 3.8) is 0 Å². The predicted octanol–water partition coefficient (Wildman–Crippen LogP) is 4.45. The van der Waals surface area contributed by atoms with E-state index in [1.807, 2.05) is 18.2 Å². The Labute approximate surface area is 141 Å². The highest BCUT2D eigenvalue weighted by molar-refractivity contribution is 8.14. The van der Waals surface area contributed by atoms with Crippen molar-refractivity contribution in [2.45, 2.75) is 45.8 Å². The van der Waals surface area contributed by atoms with Gasteiger partial charge in [-0.3, -0.25) is 9.59 Å². The van der Waals surface area contributed by atoms with Gasteiger partial charge in [0.2, 0.25) is 0 Å². The molecular weight excluding hydrogens is 320 g/mol. The van der Waals surface area contributed by atoms with Crippen LogP contribution < -0.4 is 0 Å². The van der Waals surface area contributed by atoms with Crippen LogP contribution >= 0.6 is 23.4 Å². The highest BCUT2D eigenvalue weighted by Gasteiger charge is 2.26. The van der Waals surface area contributed by atoms with Crippen molar-refractivity contribution >= 4 is 34.4 Å². The molecule has 0 spiro atoms. The summed E-state index contributed by atoms with van der Waals surface area (Å²) in [5.41, 5.74) is 2.06. The van der Waals surface area contributed by atoms with Crippen LogP contribution in [0.4, 0.5) is 0 Å². The van der Waals surface area contributed by atoms with E-state index in [-0.39, 0.29) is 10.4 Å². The number of hydrogen-bond donors (Lipinski definition) is 1. The van der Waals surface area contributed by atoms with Crippen molar-refractivity contribution in [2.24, 2.45) is 11.8 Å². The number of carbonyl (C=O) groups is 2. The number of benzene rings is 1. The highest BCUT2D eigenvalue weighted by Crippen LogP contribution is 2.27. The van der Waals surface area contributed by atoms with Gasteiger partial charge in [-0.2, -0.15) is 0 Å². The van der Waals surface area contributed by atoms with Gasteiger partial charge in [0.1, 0.15) is 0 Å². The van der Waals surface area contributed by atoms with E-state index in [1.165, 1.54) is 6.92 Å². The minimum atomic E-state index is -0.888. The van der Waals surface area contributed by atoms with Gasteiger partial charge in [-0.05, 0) is 36.0 Å². The average molecular weight is 343 g/mol. The van der Waals surface area contributed by atoms with E-state index in [9.17, 15) is 14.7 Å². The molecule has 1 aromatic carbocycles. The van der Waals surface area contributed by atoms with Crippen molar-refractivity contribution in [2.75, 3.05) is 0 Å². The van der Waals surface area contributed by atoms with Crippen LogP contribution in [-0.4, -0.2) is 21.4 Å². The minimum Gasteiger partial charge on any atom is -0.481 e.